The maximum atomic E-state index is 12.3. The topological polar surface area (TPSA) is 84.2 Å². The van der Waals surface area contributed by atoms with E-state index in [2.05, 4.69) is 10.4 Å². The number of aromatic nitrogens is 2. The second-order valence-electron chi connectivity index (χ2n) is 5.67. The number of carbonyl (C=O) groups excluding carboxylic acids is 1. The summed E-state index contributed by atoms with van der Waals surface area (Å²) < 4.78 is 1.15. The predicted molar refractivity (Wildman–Crippen MR) is 79.0 cm³/mol. The minimum Gasteiger partial charge on any atom is -0.396 e. The van der Waals surface area contributed by atoms with Crippen LogP contribution in [0.25, 0.3) is 0 Å². The van der Waals surface area contributed by atoms with Gasteiger partial charge in [-0.25, -0.2) is 4.68 Å². The number of rotatable bonds is 5. The number of carbonyl (C=O) groups is 1. The van der Waals surface area contributed by atoms with Gasteiger partial charge in [-0.3, -0.25) is 9.59 Å². The number of amides is 1. The quantitative estimate of drug-likeness (QED) is 0.842. The lowest BCUT2D eigenvalue weighted by Gasteiger charge is -2.30. The van der Waals surface area contributed by atoms with Crippen molar-refractivity contribution in [2.24, 2.45) is 13.0 Å². The molecule has 0 bridgehead atoms. The smallest absolute Gasteiger partial charge is 0.271 e. The number of aliphatic hydroxyl groups is 1. The Balaban J connectivity index is 2.06. The van der Waals surface area contributed by atoms with Gasteiger partial charge in [-0.15, -0.1) is 0 Å². The highest BCUT2D eigenvalue weighted by atomic mass is 16.3. The zero-order valence-electron chi connectivity index (χ0n) is 12.4. The third kappa shape index (κ3) is 4.14. The van der Waals surface area contributed by atoms with E-state index in [9.17, 15) is 14.7 Å². The van der Waals surface area contributed by atoms with Crippen molar-refractivity contribution in [1.82, 2.24) is 15.1 Å². The van der Waals surface area contributed by atoms with Gasteiger partial charge in [-0.2, -0.15) is 5.10 Å². The van der Waals surface area contributed by atoms with Crippen LogP contribution in [0.5, 0.6) is 0 Å². The first-order valence-corrected chi connectivity index (χ1v) is 7.58. The van der Waals surface area contributed by atoms with Gasteiger partial charge in [0.2, 0.25) is 0 Å². The van der Waals surface area contributed by atoms with E-state index < -0.39 is 0 Å². The maximum absolute atomic E-state index is 12.3. The molecule has 21 heavy (non-hydrogen) atoms. The Labute approximate surface area is 124 Å². The van der Waals surface area contributed by atoms with Crippen LogP contribution in [0.4, 0.5) is 0 Å². The molecular formula is C15H23N3O3. The first-order chi connectivity index (χ1) is 10.1. The molecule has 1 amide bonds. The number of aryl methyl sites for hydroxylation is 1. The molecule has 0 spiro atoms. The fourth-order valence-corrected chi connectivity index (χ4v) is 2.97. The molecule has 116 valence electrons. The molecule has 0 radical (unpaired) electrons. The van der Waals surface area contributed by atoms with E-state index in [1.807, 2.05) is 0 Å². The van der Waals surface area contributed by atoms with Crippen molar-refractivity contribution >= 4 is 5.91 Å². The van der Waals surface area contributed by atoms with Crippen molar-refractivity contribution in [3.05, 3.63) is 28.2 Å². The second-order valence-corrected chi connectivity index (χ2v) is 5.67. The molecule has 2 rings (SSSR count). The molecule has 1 heterocycles. The summed E-state index contributed by atoms with van der Waals surface area (Å²) in [5.41, 5.74) is -0.0124. The summed E-state index contributed by atoms with van der Waals surface area (Å²) in [5, 5.41) is 16.2. The van der Waals surface area contributed by atoms with Gasteiger partial charge < -0.3 is 10.4 Å². The summed E-state index contributed by atoms with van der Waals surface area (Å²) in [6, 6.07) is 2.75. The summed E-state index contributed by atoms with van der Waals surface area (Å²) in [6.07, 6.45) is 6.35. The Morgan fingerprint density at radius 2 is 2.14 bits per heavy atom. The Morgan fingerprint density at radius 1 is 1.43 bits per heavy atom. The van der Waals surface area contributed by atoms with Crippen molar-refractivity contribution in [3.8, 4) is 0 Å². The Bertz CT molecular complexity index is 535. The lowest BCUT2D eigenvalue weighted by molar-refractivity contribution is 0.0892. The van der Waals surface area contributed by atoms with Crippen molar-refractivity contribution in [3.63, 3.8) is 0 Å². The van der Waals surface area contributed by atoms with Crippen LogP contribution >= 0.6 is 0 Å². The molecule has 0 aliphatic heterocycles. The van der Waals surface area contributed by atoms with Gasteiger partial charge in [0.25, 0.3) is 11.5 Å². The maximum Gasteiger partial charge on any atom is 0.271 e. The SMILES string of the molecule is Cn1nc(C(=O)NC(CCO)C2CCCCC2)ccc1=O. The molecule has 6 heteroatoms. The van der Waals surface area contributed by atoms with E-state index in [4.69, 9.17) is 0 Å². The molecule has 1 aliphatic rings. The predicted octanol–water partition coefficient (Wildman–Crippen LogP) is 0.841. The fourth-order valence-electron chi connectivity index (χ4n) is 2.97. The van der Waals surface area contributed by atoms with Gasteiger partial charge in [0, 0.05) is 25.8 Å². The minimum atomic E-state index is -0.283. The van der Waals surface area contributed by atoms with Crippen LogP contribution in [-0.2, 0) is 7.05 Å². The second kappa shape index (κ2) is 7.36. The summed E-state index contributed by atoms with van der Waals surface area (Å²) in [5.74, 6) is 0.136. The molecule has 0 aromatic carbocycles. The molecule has 6 nitrogen and oxygen atoms in total. The van der Waals surface area contributed by atoms with Crippen LogP contribution < -0.4 is 10.9 Å². The normalized spacial score (nSPS) is 17.4. The number of aliphatic hydroxyl groups excluding tert-OH is 1. The van der Waals surface area contributed by atoms with Crippen LogP contribution in [0.15, 0.2) is 16.9 Å². The molecule has 1 atom stereocenters. The average Bonchev–Trinajstić information content (AvgIpc) is 2.50. The number of hydrogen-bond acceptors (Lipinski definition) is 4. The minimum absolute atomic E-state index is 0.0261. The standard InChI is InChI=1S/C15H23N3O3/c1-18-14(20)8-7-13(17-18)15(21)16-12(9-10-19)11-5-3-2-4-6-11/h7-8,11-12,19H,2-6,9-10H2,1H3,(H,16,21). The van der Waals surface area contributed by atoms with Crippen LogP contribution in [-0.4, -0.2) is 33.4 Å². The Morgan fingerprint density at radius 3 is 2.76 bits per heavy atom. The summed E-state index contributed by atoms with van der Waals surface area (Å²) in [7, 11) is 1.52. The lowest BCUT2D eigenvalue weighted by atomic mass is 9.82. The van der Waals surface area contributed by atoms with Gasteiger partial charge in [0.15, 0.2) is 0 Å². The molecule has 0 saturated heterocycles. The summed E-state index contributed by atoms with van der Waals surface area (Å²) >= 11 is 0. The lowest BCUT2D eigenvalue weighted by Crippen LogP contribution is -2.42. The zero-order chi connectivity index (χ0) is 15.2. The average molecular weight is 293 g/mol. The first-order valence-electron chi connectivity index (χ1n) is 7.58. The van der Waals surface area contributed by atoms with Crippen LogP contribution in [0.1, 0.15) is 49.0 Å². The molecule has 1 aromatic rings. The summed E-state index contributed by atoms with van der Waals surface area (Å²) in [4.78, 5) is 23.6. The van der Waals surface area contributed by atoms with Crippen LogP contribution in [0.2, 0.25) is 0 Å². The van der Waals surface area contributed by atoms with E-state index in [0.29, 0.717) is 12.3 Å². The Kier molecular flexibility index (Phi) is 5.50. The van der Waals surface area contributed by atoms with Crippen molar-refractivity contribution in [2.75, 3.05) is 6.61 Å². The molecule has 1 saturated carbocycles. The number of hydrogen-bond donors (Lipinski definition) is 2. The number of nitrogens with one attached hydrogen (secondary N) is 1. The van der Waals surface area contributed by atoms with E-state index in [0.717, 1.165) is 17.5 Å². The Hall–Kier alpha value is -1.69. The third-order valence-electron chi connectivity index (χ3n) is 4.17. The largest absolute Gasteiger partial charge is 0.396 e. The van der Waals surface area contributed by atoms with Crippen LogP contribution in [0, 0.1) is 5.92 Å². The summed E-state index contributed by atoms with van der Waals surface area (Å²) in [6.45, 7) is 0.0577. The van der Waals surface area contributed by atoms with E-state index in [1.54, 1.807) is 0 Å². The molecular weight excluding hydrogens is 270 g/mol. The molecule has 1 fully saturated rings. The van der Waals surface area contributed by atoms with Crippen molar-refractivity contribution in [1.29, 1.82) is 0 Å². The first kappa shape index (κ1) is 15.7. The van der Waals surface area contributed by atoms with E-state index in [1.165, 1.54) is 38.4 Å². The highest BCUT2D eigenvalue weighted by Gasteiger charge is 2.25. The van der Waals surface area contributed by atoms with Gasteiger partial charge in [-0.1, -0.05) is 19.3 Å². The van der Waals surface area contributed by atoms with E-state index in [-0.39, 0.29) is 29.8 Å². The molecule has 2 N–H and O–H groups in total. The van der Waals surface area contributed by atoms with Gasteiger partial charge >= 0.3 is 0 Å². The third-order valence-corrected chi connectivity index (χ3v) is 4.17. The highest BCUT2D eigenvalue weighted by molar-refractivity contribution is 5.92. The molecule has 1 aromatic heterocycles. The van der Waals surface area contributed by atoms with Gasteiger partial charge in [0.05, 0.1) is 0 Å². The molecule has 1 aliphatic carbocycles. The highest BCUT2D eigenvalue weighted by Crippen LogP contribution is 2.27. The monoisotopic (exact) mass is 293 g/mol. The fraction of sp³-hybridized carbons (Fsp3) is 0.667. The van der Waals surface area contributed by atoms with Crippen molar-refractivity contribution < 1.29 is 9.90 Å². The molecule has 1 unspecified atom stereocenters. The van der Waals surface area contributed by atoms with Crippen molar-refractivity contribution in [2.45, 2.75) is 44.6 Å². The van der Waals surface area contributed by atoms with E-state index >= 15 is 0 Å². The van der Waals surface area contributed by atoms with Crippen LogP contribution in [0.3, 0.4) is 0 Å². The zero-order valence-corrected chi connectivity index (χ0v) is 12.4. The van der Waals surface area contributed by atoms with Gasteiger partial charge in [-0.05, 0) is 31.2 Å². The van der Waals surface area contributed by atoms with Gasteiger partial charge in [0.1, 0.15) is 5.69 Å². The number of nitrogens with zero attached hydrogens (tertiary/aromatic N) is 2.